The van der Waals surface area contributed by atoms with Crippen molar-refractivity contribution < 1.29 is 9.13 Å². The van der Waals surface area contributed by atoms with Crippen molar-refractivity contribution in [2.75, 3.05) is 11.9 Å². The molecule has 1 heterocycles. The van der Waals surface area contributed by atoms with E-state index < -0.39 is 5.82 Å². The molecule has 3 N–H and O–H groups in total. The molecule has 0 unspecified atom stereocenters. The zero-order valence-corrected chi connectivity index (χ0v) is 11.7. The molecule has 104 valence electrons. The number of benzene rings is 1. The standard InChI is InChI=1S/C14H14FN3OS/c1-2-19-12-6-5-9(8-10(12)15)18-11-4-3-7-17-13(11)14(16)20/h3-8,18H,2H2,1H3,(H2,16,20). The number of aromatic nitrogens is 1. The van der Waals surface area contributed by atoms with Gasteiger partial charge in [0, 0.05) is 18.0 Å². The number of thiocarbonyl (C=S) groups is 1. The molecule has 0 radical (unpaired) electrons. The predicted octanol–water partition coefficient (Wildman–Crippen LogP) is 3.00. The quantitative estimate of drug-likeness (QED) is 0.829. The Morgan fingerprint density at radius 1 is 1.45 bits per heavy atom. The first-order valence-corrected chi connectivity index (χ1v) is 6.47. The van der Waals surface area contributed by atoms with Crippen LogP contribution in [0.15, 0.2) is 36.5 Å². The summed E-state index contributed by atoms with van der Waals surface area (Å²) in [6.07, 6.45) is 1.60. The Kier molecular flexibility index (Phi) is 4.47. The number of nitrogens with zero attached hydrogens (tertiary/aromatic N) is 1. The monoisotopic (exact) mass is 291 g/mol. The lowest BCUT2D eigenvalue weighted by atomic mass is 10.2. The highest BCUT2D eigenvalue weighted by atomic mass is 32.1. The second-order valence-corrected chi connectivity index (χ2v) is 4.41. The fraction of sp³-hybridized carbons (Fsp3) is 0.143. The minimum atomic E-state index is -0.433. The highest BCUT2D eigenvalue weighted by Gasteiger charge is 2.08. The topological polar surface area (TPSA) is 60.2 Å². The second-order valence-electron chi connectivity index (χ2n) is 3.97. The molecule has 0 aliphatic rings. The lowest BCUT2D eigenvalue weighted by Gasteiger charge is -2.11. The molecule has 0 amide bonds. The summed E-state index contributed by atoms with van der Waals surface area (Å²) in [5, 5.41) is 3.04. The zero-order valence-electron chi connectivity index (χ0n) is 10.9. The molecule has 0 spiro atoms. The van der Waals surface area contributed by atoms with Crippen molar-refractivity contribution in [3.05, 3.63) is 48.0 Å². The van der Waals surface area contributed by atoms with Crippen LogP contribution in [-0.4, -0.2) is 16.6 Å². The summed E-state index contributed by atoms with van der Waals surface area (Å²) in [7, 11) is 0. The van der Waals surface area contributed by atoms with Gasteiger partial charge in [-0.15, -0.1) is 0 Å². The van der Waals surface area contributed by atoms with E-state index in [1.807, 2.05) is 0 Å². The Balaban J connectivity index is 2.27. The minimum Gasteiger partial charge on any atom is -0.491 e. The molecule has 0 saturated carbocycles. The van der Waals surface area contributed by atoms with Gasteiger partial charge in [-0.3, -0.25) is 4.98 Å². The lowest BCUT2D eigenvalue weighted by molar-refractivity contribution is 0.321. The number of nitrogens with one attached hydrogen (secondary N) is 1. The summed E-state index contributed by atoms with van der Waals surface area (Å²) < 4.78 is 18.9. The minimum absolute atomic E-state index is 0.180. The molecule has 2 aromatic rings. The number of ether oxygens (including phenoxy) is 1. The van der Waals surface area contributed by atoms with Gasteiger partial charge in [0.1, 0.15) is 10.7 Å². The maximum Gasteiger partial charge on any atom is 0.167 e. The Bertz CT molecular complexity index is 634. The van der Waals surface area contributed by atoms with E-state index in [-0.39, 0.29) is 10.7 Å². The van der Waals surface area contributed by atoms with E-state index in [1.165, 1.54) is 6.07 Å². The molecule has 4 nitrogen and oxygen atoms in total. The van der Waals surface area contributed by atoms with Crippen LogP contribution in [0, 0.1) is 5.82 Å². The van der Waals surface area contributed by atoms with Gasteiger partial charge in [-0.25, -0.2) is 4.39 Å². The van der Waals surface area contributed by atoms with Crippen LogP contribution < -0.4 is 15.8 Å². The van der Waals surface area contributed by atoms with Gasteiger partial charge in [0.2, 0.25) is 0 Å². The first kappa shape index (κ1) is 14.2. The fourth-order valence-electron chi connectivity index (χ4n) is 1.71. The summed E-state index contributed by atoms with van der Waals surface area (Å²) in [5.41, 5.74) is 7.26. The van der Waals surface area contributed by atoms with E-state index in [1.54, 1.807) is 37.4 Å². The molecule has 0 bridgehead atoms. The van der Waals surface area contributed by atoms with Crippen molar-refractivity contribution in [2.24, 2.45) is 5.73 Å². The van der Waals surface area contributed by atoms with Crippen LogP contribution in [0.2, 0.25) is 0 Å². The smallest absolute Gasteiger partial charge is 0.167 e. The molecule has 0 aliphatic carbocycles. The average Bonchev–Trinajstić information content (AvgIpc) is 2.42. The number of pyridine rings is 1. The summed E-state index contributed by atoms with van der Waals surface area (Å²) in [6.45, 7) is 2.22. The van der Waals surface area contributed by atoms with E-state index >= 15 is 0 Å². The summed E-state index contributed by atoms with van der Waals surface area (Å²) in [4.78, 5) is 4.28. The third-order valence-electron chi connectivity index (χ3n) is 2.55. The fourth-order valence-corrected chi connectivity index (χ4v) is 1.87. The van der Waals surface area contributed by atoms with E-state index in [2.05, 4.69) is 10.3 Å². The number of hydrogen-bond donors (Lipinski definition) is 2. The Labute approximate surface area is 121 Å². The van der Waals surface area contributed by atoms with Gasteiger partial charge < -0.3 is 15.8 Å². The maximum atomic E-state index is 13.8. The summed E-state index contributed by atoms with van der Waals surface area (Å²) in [5.74, 6) is -0.212. The number of rotatable bonds is 5. The molecule has 0 atom stereocenters. The van der Waals surface area contributed by atoms with Gasteiger partial charge in [0.25, 0.3) is 0 Å². The van der Waals surface area contributed by atoms with Crippen LogP contribution in [0.1, 0.15) is 12.6 Å². The number of anilines is 2. The molecule has 20 heavy (non-hydrogen) atoms. The third-order valence-corrected chi connectivity index (χ3v) is 2.75. The first-order chi connectivity index (χ1) is 9.61. The van der Waals surface area contributed by atoms with Crippen molar-refractivity contribution in [3.8, 4) is 5.75 Å². The molecular weight excluding hydrogens is 277 g/mol. The van der Waals surface area contributed by atoms with Crippen molar-refractivity contribution in [1.82, 2.24) is 4.98 Å². The molecule has 0 saturated heterocycles. The Morgan fingerprint density at radius 3 is 2.90 bits per heavy atom. The van der Waals surface area contributed by atoms with Crippen molar-refractivity contribution in [2.45, 2.75) is 6.92 Å². The molecule has 2 rings (SSSR count). The molecule has 0 fully saturated rings. The lowest BCUT2D eigenvalue weighted by Crippen LogP contribution is -2.13. The van der Waals surface area contributed by atoms with Gasteiger partial charge in [-0.05, 0) is 31.2 Å². The van der Waals surface area contributed by atoms with Gasteiger partial charge in [0.05, 0.1) is 12.3 Å². The normalized spacial score (nSPS) is 10.1. The van der Waals surface area contributed by atoms with E-state index in [4.69, 9.17) is 22.7 Å². The second kappa shape index (κ2) is 6.29. The van der Waals surface area contributed by atoms with Crippen LogP contribution in [0.25, 0.3) is 0 Å². The number of halogens is 1. The van der Waals surface area contributed by atoms with E-state index in [0.29, 0.717) is 23.7 Å². The maximum absolute atomic E-state index is 13.8. The largest absolute Gasteiger partial charge is 0.491 e. The summed E-state index contributed by atoms with van der Waals surface area (Å²) in [6, 6.07) is 8.15. The van der Waals surface area contributed by atoms with Crippen LogP contribution in [0.3, 0.4) is 0 Å². The first-order valence-electron chi connectivity index (χ1n) is 6.06. The molecule has 6 heteroatoms. The Hall–Kier alpha value is -2.21. The number of hydrogen-bond acceptors (Lipinski definition) is 4. The summed E-state index contributed by atoms with van der Waals surface area (Å²) >= 11 is 4.93. The van der Waals surface area contributed by atoms with Gasteiger partial charge in [-0.1, -0.05) is 12.2 Å². The Morgan fingerprint density at radius 2 is 2.25 bits per heavy atom. The molecule has 0 aliphatic heterocycles. The van der Waals surface area contributed by atoms with Gasteiger partial charge >= 0.3 is 0 Å². The van der Waals surface area contributed by atoms with Crippen LogP contribution in [0.5, 0.6) is 5.75 Å². The van der Waals surface area contributed by atoms with Crippen LogP contribution in [-0.2, 0) is 0 Å². The van der Waals surface area contributed by atoms with Gasteiger partial charge in [0.15, 0.2) is 11.6 Å². The molecule has 1 aromatic heterocycles. The average molecular weight is 291 g/mol. The molecule has 1 aromatic carbocycles. The van der Waals surface area contributed by atoms with Crippen LogP contribution in [0.4, 0.5) is 15.8 Å². The highest BCUT2D eigenvalue weighted by Crippen LogP contribution is 2.24. The van der Waals surface area contributed by atoms with E-state index in [0.717, 1.165) is 0 Å². The zero-order chi connectivity index (χ0) is 14.5. The van der Waals surface area contributed by atoms with Crippen molar-refractivity contribution >= 4 is 28.6 Å². The third kappa shape index (κ3) is 3.21. The highest BCUT2D eigenvalue weighted by molar-refractivity contribution is 7.80. The van der Waals surface area contributed by atoms with Crippen molar-refractivity contribution in [1.29, 1.82) is 0 Å². The van der Waals surface area contributed by atoms with Gasteiger partial charge in [-0.2, -0.15) is 0 Å². The number of nitrogens with two attached hydrogens (primary N) is 1. The predicted molar refractivity (Wildman–Crippen MR) is 81.0 cm³/mol. The van der Waals surface area contributed by atoms with Crippen LogP contribution >= 0.6 is 12.2 Å². The van der Waals surface area contributed by atoms with E-state index in [9.17, 15) is 4.39 Å². The van der Waals surface area contributed by atoms with Crippen molar-refractivity contribution in [3.63, 3.8) is 0 Å². The SMILES string of the molecule is CCOc1ccc(Nc2cccnc2C(N)=S)cc1F. The molecular formula is C14H14FN3OS.